The summed E-state index contributed by atoms with van der Waals surface area (Å²) in [6.07, 6.45) is 4.58. The molecule has 18 heavy (non-hydrogen) atoms. The monoisotopic (exact) mass is 241 g/mol. The lowest BCUT2D eigenvalue weighted by Gasteiger charge is -2.34. The fourth-order valence-electron chi connectivity index (χ4n) is 2.86. The Kier molecular flexibility index (Phi) is 2.75. The number of benzene rings is 1. The molecule has 2 nitrogen and oxygen atoms in total. The maximum Gasteiger partial charge on any atom is 0.174 e. The second-order valence-electron chi connectivity index (χ2n) is 5.33. The molecule has 0 fully saturated rings. The first-order valence-electron chi connectivity index (χ1n) is 6.49. The van der Waals surface area contributed by atoms with E-state index in [9.17, 15) is 0 Å². The van der Waals surface area contributed by atoms with E-state index in [-0.39, 0.29) is 6.23 Å². The summed E-state index contributed by atoms with van der Waals surface area (Å²) in [4.78, 5) is 2.12. The van der Waals surface area contributed by atoms with Crippen molar-refractivity contribution < 1.29 is 4.74 Å². The Morgan fingerprint density at radius 2 is 1.94 bits per heavy atom. The summed E-state index contributed by atoms with van der Waals surface area (Å²) in [5.41, 5.74) is 5.32. The smallest absolute Gasteiger partial charge is 0.174 e. The lowest BCUT2D eigenvalue weighted by Crippen LogP contribution is -2.34. The molecule has 0 radical (unpaired) electrons. The van der Waals surface area contributed by atoms with Gasteiger partial charge in [-0.3, -0.25) is 4.90 Å². The van der Waals surface area contributed by atoms with Crippen LogP contribution in [0.25, 0.3) is 5.76 Å². The van der Waals surface area contributed by atoms with E-state index in [2.05, 4.69) is 56.3 Å². The molecule has 0 bridgehead atoms. The maximum atomic E-state index is 6.23. The number of fused-ring (bicyclic) bond motifs is 2. The first kappa shape index (κ1) is 11.5. The van der Waals surface area contributed by atoms with E-state index in [0.29, 0.717) is 0 Å². The van der Waals surface area contributed by atoms with E-state index in [0.717, 1.165) is 18.6 Å². The van der Waals surface area contributed by atoms with Gasteiger partial charge in [-0.25, -0.2) is 0 Å². The van der Waals surface area contributed by atoms with Crippen LogP contribution in [0.3, 0.4) is 0 Å². The Bertz CT molecular complexity index is 540. The lowest BCUT2D eigenvalue weighted by molar-refractivity contribution is 0.0659. The van der Waals surface area contributed by atoms with Crippen molar-refractivity contribution in [3.8, 4) is 0 Å². The Morgan fingerprint density at radius 3 is 2.72 bits per heavy atom. The van der Waals surface area contributed by atoms with Gasteiger partial charge in [-0.2, -0.15) is 0 Å². The first-order chi connectivity index (χ1) is 8.66. The molecule has 1 unspecified atom stereocenters. The number of likely N-dealkylation sites (N-methyl/N-ethyl adjacent to an activating group) is 1. The quantitative estimate of drug-likeness (QED) is 0.748. The van der Waals surface area contributed by atoms with Gasteiger partial charge in [0, 0.05) is 5.56 Å². The van der Waals surface area contributed by atoms with Crippen molar-refractivity contribution in [3.63, 3.8) is 0 Å². The van der Waals surface area contributed by atoms with Crippen LogP contribution < -0.4 is 0 Å². The Hall–Kier alpha value is -1.54. The summed E-state index contributed by atoms with van der Waals surface area (Å²) < 4.78 is 6.23. The lowest BCUT2D eigenvalue weighted by atomic mass is 9.88. The minimum Gasteiger partial charge on any atom is -0.470 e. The highest BCUT2D eigenvalue weighted by Crippen LogP contribution is 2.38. The second kappa shape index (κ2) is 4.29. The summed E-state index contributed by atoms with van der Waals surface area (Å²) in [5.74, 6) is 1.08. The average molecular weight is 241 g/mol. The maximum absolute atomic E-state index is 6.23. The molecule has 1 aliphatic heterocycles. The van der Waals surface area contributed by atoms with E-state index < -0.39 is 0 Å². The predicted molar refractivity (Wildman–Crippen MR) is 74.0 cm³/mol. The number of nitrogens with zero attached hydrogens (tertiary/aromatic N) is 1. The molecule has 1 aromatic carbocycles. The number of hydrogen-bond acceptors (Lipinski definition) is 2. The summed E-state index contributed by atoms with van der Waals surface area (Å²) in [6, 6.07) is 8.58. The Balaban J connectivity index is 2.06. The Labute approximate surface area is 109 Å². The summed E-state index contributed by atoms with van der Waals surface area (Å²) >= 11 is 0. The molecule has 2 aliphatic rings. The molecule has 94 valence electrons. The molecule has 0 aromatic heterocycles. The molecule has 1 aliphatic carbocycles. The van der Waals surface area contributed by atoms with Crippen molar-refractivity contribution in [2.75, 3.05) is 14.1 Å². The number of ether oxygens (including phenoxy) is 1. The van der Waals surface area contributed by atoms with Gasteiger partial charge in [-0.15, -0.1) is 0 Å². The summed E-state index contributed by atoms with van der Waals surface area (Å²) in [6.45, 7) is 2.15. The van der Waals surface area contributed by atoms with E-state index in [4.69, 9.17) is 4.74 Å². The van der Waals surface area contributed by atoms with E-state index >= 15 is 0 Å². The van der Waals surface area contributed by atoms with Crippen molar-refractivity contribution in [2.45, 2.75) is 26.0 Å². The highest BCUT2D eigenvalue weighted by Gasteiger charge is 2.27. The van der Waals surface area contributed by atoms with Gasteiger partial charge in [0.15, 0.2) is 6.23 Å². The topological polar surface area (TPSA) is 12.5 Å². The molecule has 0 spiro atoms. The molecule has 1 atom stereocenters. The third-order valence-electron chi connectivity index (χ3n) is 3.71. The van der Waals surface area contributed by atoms with Gasteiger partial charge >= 0.3 is 0 Å². The summed E-state index contributed by atoms with van der Waals surface area (Å²) in [5, 5.41) is 0. The average Bonchev–Trinajstić information content (AvgIpc) is 2.37. The predicted octanol–water partition coefficient (Wildman–Crippen LogP) is 3.21. The zero-order valence-electron chi connectivity index (χ0n) is 11.2. The highest BCUT2D eigenvalue weighted by molar-refractivity contribution is 5.72. The van der Waals surface area contributed by atoms with Gasteiger partial charge in [-0.05, 0) is 50.6 Å². The van der Waals surface area contributed by atoms with E-state index in [1.54, 1.807) is 0 Å². The van der Waals surface area contributed by atoms with Gasteiger partial charge in [0.1, 0.15) is 5.76 Å². The normalized spacial score (nSPS) is 22.2. The number of hydrogen-bond donors (Lipinski definition) is 0. The molecule has 0 saturated carbocycles. The van der Waals surface area contributed by atoms with E-state index in [1.807, 2.05) is 0 Å². The second-order valence-corrected chi connectivity index (χ2v) is 5.33. The van der Waals surface area contributed by atoms with Crippen LogP contribution in [0.4, 0.5) is 0 Å². The first-order valence-corrected chi connectivity index (χ1v) is 6.49. The SMILES string of the molecule is CC1=CC2=C(OC1N(C)C)c1ccccc1CC2. The summed E-state index contributed by atoms with van der Waals surface area (Å²) in [7, 11) is 4.12. The van der Waals surface area contributed by atoms with Crippen molar-refractivity contribution >= 4 is 5.76 Å². The van der Waals surface area contributed by atoms with Crippen LogP contribution in [-0.2, 0) is 11.2 Å². The minimum absolute atomic E-state index is 0.0647. The molecule has 1 heterocycles. The van der Waals surface area contributed by atoms with Gasteiger partial charge in [0.25, 0.3) is 0 Å². The van der Waals surface area contributed by atoms with Crippen molar-refractivity contribution in [3.05, 3.63) is 52.6 Å². The minimum atomic E-state index is 0.0647. The standard InChI is InChI=1S/C16H19NO/c1-11-10-13-9-8-12-6-4-5-7-14(12)15(13)18-16(11)17(2)3/h4-7,10,16H,8-9H2,1-3H3. The largest absolute Gasteiger partial charge is 0.470 e. The molecular formula is C16H19NO. The third-order valence-corrected chi connectivity index (χ3v) is 3.71. The zero-order valence-corrected chi connectivity index (χ0v) is 11.2. The van der Waals surface area contributed by atoms with Gasteiger partial charge < -0.3 is 4.74 Å². The van der Waals surface area contributed by atoms with Crippen LogP contribution in [-0.4, -0.2) is 25.2 Å². The fourth-order valence-corrected chi connectivity index (χ4v) is 2.86. The van der Waals surface area contributed by atoms with Gasteiger partial charge in [-0.1, -0.05) is 30.3 Å². The van der Waals surface area contributed by atoms with Crippen LogP contribution in [0.1, 0.15) is 24.5 Å². The van der Waals surface area contributed by atoms with E-state index in [1.165, 1.54) is 22.3 Å². The number of allylic oxidation sites excluding steroid dienone is 2. The molecule has 0 amide bonds. The van der Waals surface area contributed by atoms with Crippen LogP contribution in [0.5, 0.6) is 0 Å². The molecule has 0 saturated heterocycles. The molecule has 3 rings (SSSR count). The molecule has 1 aromatic rings. The zero-order chi connectivity index (χ0) is 12.7. The third kappa shape index (κ3) is 1.77. The number of rotatable bonds is 1. The van der Waals surface area contributed by atoms with Gasteiger partial charge in [0.2, 0.25) is 0 Å². The molecular weight excluding hydrogens is 222 g/mol. The highest BCUT2D eigenvalue weighted by atomic mass is 16.5. The fraction of sp³-hybridized carbons (Fsp3) is 0.375. The molecule has 2 heteroatoms. The van der Waals surface area contributed by atoms with Crippen molar-refractivity contribution in [2.24, 2.45) is 0 Å². The van der Waals surface area contributed by atoms with Crippen LogP contribution in [0, 0.1) is 0 Å². The van der Waals surface area contributed by atoms with Crippen LogP contribution >= 0.6 is 0 Å². The number of aryl methyl sites for hydroxylation is 1. The Morgan fingerprint density at radius 1 is 1.17 bits per heavy atom. The van der Waals surface area contributed by atoms with Crippen molar-refractivity contribution in [1.29, 1.82) is 0 Å². The van der Waals surface area contributed by atoms with Crippen LogP contribution in [0.2, 0.25) is 0 Å². The van der Waals surface area contributed by atoms with Crippen molar-refractivity contribution in [1.82, 2.24) is 4.90 Å². The van der Waals surface area contributed by atoms with Gasteiger partial charge in [0.05, 0.1) is 0 Å². The van der Waals surface area contributed by atoms with Crippen LogP contribution in [0.15, 0.2) is 41.5 Å². The molecule has 0 N–H and O–H groups in total.